The standard InChI is InChI=1S/C17H21N5O2/c1-4-22(5-2)16-11-10-15(20-21-16)17(24)19-14-8-6-13(7-9-14)18-12(3)23/h6-11H,4-5H2,1-3H3,(H,18,23)(H,19,24). The van der Waals surface area contributed by atoms with Gasteiger partial charge in [-0.1, -0.05) is 0 Å². The first-order valence-corrected chi connectivity index (χ1v) is 7.81. The van der Waals surface area contributed by atoms with Crippen LogP contribution in [0.3, 0.4) is 0 Å². The fourth-order valence-corrected chi connectivity index (χ4v) is 2.20. The molecular formula is C17H21N5O2. The average molecular weight is 327 g/mol. The van der Waals surface area contributed by atoms with Crippen molar-refractivity contribution in [3.8, 4) is 0 Å². The molecular weight excluding hydrogens is 306 g/mol. The number of carbonyl (C=O) groups excluding carboxylic acids is 2. The Morgan fingerprint density at radius 3 is 1.96 bits per heavy atom. The highest BCUT2D eigenvalue weighted by atomic mass is 16.2. The van der Waals surface area contributed by atoms with Crippen molar-refractivity contribution < 1.29 is 9.59 Å². The molecule has 1 aromatic heterocycles. The van der Waals surface area contributed by atoms with E-state index in [-0.39, 0.29) is 17.5 Å². The average Bonchev–Trinajstić information content (AvgIpc) is 2.58. The number of anilines is 3. The van der Waals surface area contributed by atoms with Crippen LogP contribution in [0.15, 0.2) is 36.4 Å². The van der Waals surface area contributed by atoms with E-state index >= 15 is 0 Å². The van der Waals surface area contributed by atoms with Gasteiger partial charge in [0.05, 0.1) is 0 Å². The highest BCUT2D eigenvalue weighted by Crippen LogP contribution is 2.15. The van der Waals surface area contributed by atoms with Gasteiger partial charge in [0.25, 0.3) is 5.91 Å². The Labute approximate surface area is 141 Å². The van der Waals surface area contributed by atoms with Gasteiger partial charge < -0.3 is 15.5 Å². The molecule has 0 aliphatic rings. The Morgan fingerprint density at radius 1 is 0.917 bits per heavy atom. The lowest BCUT2D eigenvalue weighted by Gasteiger charge is -2.18. The minimum absolute atomic E-state index is 0.143. The first-order valence-electron chi connectivity index (χ1n) is 7.81. The first kappa shape index (κ1) is 17.4. The molecule has 0 bridgehead atoms. The second-order valence-corrected chi connectivity index (χ2v) is 5.16. The second-order valence-electron chi connectivity index (χ2n) is 5.16. The van der Waals surface area contributed by atoms with Crippen LogP contribution in [0.1, 0.15) is 31.3 Å². The van der Waals surface area contributed by atoms with Gasteiger partial charge in [0.1, 0.15) is 0 Å². The fraction of sp³-hybridized carbons (Fsp3) is 0.294. The van der Waals surface area contributed by atoms with Crippen LogP contribution < -0.4 is 15.5 Å². The van der Waals surface area contributed by atoms with E-state index < -0.39 is 0 Å². The minimum atomic E-state index is -0.333. The van der Waals surface area contributed by atoms with Crippen molar-refractivity contribution in [2.75, 3.05) is 28.6 Å². The summed E-state index contributed by atoms with van der Waals surface area (Å²) in [6.07, 6.45) is 0. The van der Waals surface area contributed by atoms with Gasteiger partial charge in [0, 0.05) is 31.4 Å². The van der Waals surface area contributed by atoms with Crippen molar-refractivity contribution in [2.24, 2.45) is 0 Å². The van der Waals surface area contributed by atoms with E-state index in [4.69, 9.17) is 0 Å². The third kappa shape index (κ3) is 4.52. The lowest BCUT2D eigenvalue weighted by molar-refractivity contribution is -0.114. The Bertz CT molecular complexity index is 694. The van der Waals surface area contributed by atoms with Crippen molar-refractivity contribution in [1.29, 1.82) is 0 Å². The molecule has 0 aliphatic heterocycles. The molecule has 126 valence electrons. The molecule has 7 heteroatoms. The molecule has 2 N–H and O–H groups in total. The molecule has 24 heavy (non-hydrogen) atoms. The molecule has 0 saturated heterocycles. The molecule has 0 spiro atoms. The number of rotatable bonds is 6. The molecule has 1 aromatic carbocycles. The van der Waals surface area contributed by atoms with Gasteiger partial charge in [0.2, 0.25) is 5.91 Å². The van der Waals surface area contributed by atoms with E-state index in [0.717, 1.165) is 18.9 Å². The zero-order chi connectivity index (χ0) is 17.5. The molecule has 0 fully saturated rings. The number of carbonyl (C=O) groups is 2. The van der Waals surface area contributed by atoms with E-state index in [0.29, 0.717) is 11.4 Å². The number of hydrogen-bond acceptors (Lipinski definition) is 5. The summed E-state index contributed by atoms with van der Waals surface area (Å²) < 4.78 is 0. The van der Waals surface area contributed by atoms with Crippen molar-refractivity contribution in [1.82, 2.24) is 10.2 Å². The van der Waals surface area contributed by atoms with Crippen LogP contribution in [0.4, 0.5) is 17.2 Å². The molecule has 0 saturated carbocycles. The van der Waals surface area contributed by atoms with Gasteiger partial charge in [-0.3, -0.25) is 9.59 Å². The van der Waals surface area contributed by atoms with E-state index in [1.807, 2.05) is 13.8 Å². The molecule has 0 aliphatic carbocycles. The van der Waals surface area contributed by atoms with Crippen LogP contribution in [0.5, 0.6) is 0 Å². The Kier molecular flexibility index (Phi) is 5.83. The van der Waals surface area contributed by atoms with E-state index in [1.165, 1.54) is 6.92 Å². The van der Waals surface area contributed by atoms with Gasteiger partial charge >= 0.3 is 0 Å². The predicted molar refractivity (Wildman–Crippen MR) is 94.3 cm³/mol. The van der Waals surface area contributed by atoms with Gasteiger partial charge in [-0.05, 0) is 50.2 Å². The lowest BCUT2D eigenvalue weighted by atomic mass is 10.2. The third-order valence-corrected chi connectivity index (χ3v) is 3.43. The van der Waals surface area contributed by atoms with Crippen molar-refractivity contribution in [3.63, 3.8) is 0 Å². The summed E-state index contributed by atoms with van der Waals surface area (Å²) in [5, 5.41) is 13.5. The van der Waals surface area contributed by atoms with Crippen LogP contribution in [-0.4, -0.2) is 35.1 Å². The summed E-state index contributed by atoms with van der Waals surface area (Å²) in [5.41, 5.74) is 1.53. The predicted octanol–water partition coefficient (Wildman–Crippen LogP) is 2.53. The molecule has 1 heterocycles. The molecule has 0 atom stereocenters. The molecule has 2 rings (SSSR count). The number of nitrogens with one attached hydrogen (secondary N) is 2. The van der Waals surface area contributed by atoms with Crippen LogP contribution in [0.25, 0.3) is 0 Å². The monoisotopic (exact) mass is 327 g/mol. The summed E-state index contributed by atoms with van der Waals surface area (Å²) in [6.45, 7) is 7.18. The van der Waals surface area contributed by atoms with Crippen LogP contribution in [-0.2, 0) is 4.79 Å². The number of aromatic nitrogens is 2. The topological polar surface area (TPSA) is 87.2 Å². The van der Waals surface area contributed by atoms with Gasteiger partial charge in [-0.25, -0.2) is 0 Å². The summed E-state index contributed by atoms with van der Waals surface area (Å²) in [4.78, 5) is 25.2. The highest BCUT2D eigenvalue weighted by molar-refractivity contribution is 6.03. The fourth-order valence-electron chi connectivity index (χ4n) is 2.20. The number of amides is 2. The number of benzene rings is 1. The smallest absolute Gasteiger partial charge is 0.276 e. The maximum Gasteiger partial charge on any atom is 0.276 e. The van der Waals surface area contributed by atoms with Crippen LogP contribution in [0, 0.1) is 0 Å². The quantitative estimate of drug-likeness (QED) is 0.851. The second kappa shape index (κ2) is 8.05. The van der Waals surface area contributed by atoms with Gasteiger partial charge in [-0.2, -0.15) is 0 Å². The van der Waals surface area contributed by atoms with E-state index in [2.05, 4.69) is 25.7 Å². The molecule has 7 nitrogen and oxygen atoms in total. The minimum Gasteiger partial charge on any atom is -0.356 e. The van der Waals surface area contributed by atoms with Crippen molar-refractivity contribution >= 4 is 29.0 Å². The summed E-state index contributed by atoms with van der Waals surface area (Å²) in [7, 11) is 0. The summed E-state index contributed by atoms with van der Waals surface area (Å²) >= 11 is 0. The Morgan fingerprint density at radius 2 is 1.50 bits per heavy atom. The van der Waals surface area contributed by atoms with E-state index in [1.54, 1.807) is 36.4 Å². The first-order chi connectivity index (χ1) is 11.5. The Hall–Kier alpha value is -2.96. The molecule has 2 amide bonds. The van der Waals surface area contributed by atoms with Crippen molar-refractivity contribution in [3.05, 3.63) is 42.1 Å². The largest absolute Gasteiger partial charge is 0.356 e. The lowest BCUT2D eigenvalue weighted by Crippen LogP contribution is -2.24. The maximum atomic E-state index is 12.2. The van der Waals surface area contributed by atoms with Crippen LogP contribution >= 0.6 is 0 Å². The van der Waals surface area contributed by atoms with Gasteiger partial charge in [-0.15, -0.1) is 10.2 Å². The van der Waals surface area contributed by atoms with E-state index in [9.17, 15) is 9.59 Å². The number of nitrogens with zero attached hydrogens (tertiary/aromatic N) is 3. The SMILES string of the molecule is CCN(CC)c1ccc(C(=O)Nc2ccc(NC(C)=O)cc2)nn1. The summed E-state index contributed by atoms with van der Waals surface area (Å²) in [5.74, 6) is 0.271. The zero-order valence-electron chi connectivity index (χ0n) is 14.0. The normalized spacial score (nSPS) is 10.1. The molecule has 2 aromatic rings. The van der Waals surface area contributed by atoms with Crippen molar-refractivity contribution in [2.45, 2.75) is 20.8 Å². The Balaban J connectivity index is 2.02. The molecule has 0 unspecified atom stereocenters. The van der Waals surface area contributed by atoms with Crippen LogP contribution in [0.2, 0.25) is 0 Å². The summed E-state index contributed by atoms with van der Waals surface area (Å²) in [6, 6.07) is 10.3. The third-order valence-electron chi connectivity index (χ3n) is 3.43. The maximum absolute atomic E-state index is 12.2. The molecule has 0 radical (unpaired) electrons. The highest BCUT2D eigenvalue weighted by Gasteiger charge is 2.10. The van der Waals surface area contributed by atoms with Gasteiger partial charge in [0.15, 0.2) is 11.5 Å². The zero-order valence-corrected chi connectivity index (χ0v) is 14.0. The number of hydrogen-bond donors (Lipinski definition) is 2.